The Morgan fingerprint density at radius 3 is 2.65 bits per heavy atom. The lowest BCUT2D eigenvalue weighted by Crippen LogP contribution is -2.47. The van der Waals surface area contributed by atoms with Crippen LogP contribution in [0.5, 0.6) is 0 Å². The highest BCUT2D eigenvalue weighted by Crippen LogP contribution is 2.17. The summed E-state index contributed by atoms with van der Waals surface area (Å²) in [6, 6.07) is 10.2. The maximum atomic E-state index is 12.2. The Labute approximate surface area is 121 Å². The van der Waals surface area contributed by atoms with Gasteiger partial charge in [-0.05, 0) is 32.3 Å². The minimum Gasteiger partial charge on any atom is -0.375 e. The van der Waals surface area contributed by atoms with E-state index in [1.807, 2.05) is 18.2 Å². The fraction of sp³-hybridized carbons (Fsp3) is 0.600. The average Bonchev–Trinajstić information content (AvgIpc) is 2.46. The molecule has 0 unspecified atom stereocenters. The molecule has 2 rings (SSSR count). The summed E-state index contributed by atoms with van der Waals surface area (Å²) in [6.07, 6.45) is 1.77. The number of sulfonamides is 1. The van der Waals surface area contributed by atoms with E-state index < -0.39 is 10.0 Å². The van der Waals surface area contributed by atoms with Gasteiger partial charge in [0, 0.05) is 13.1 Å². The van der Waals surface area contributed by atoms with Crippen LogP contribution in [0.4, 0.5) is 0 Å². The van der Waals surface area contributed by atoms with Crippen molar-refractivity contribution in [1.29, 1.82) is 0 Å². The third-order valence-corrected chi connectivity index (χ3v) is 5.90. The summed E-state index contributed by atoms with van der Waals surface area (Å²) in [5.41, 5.74) is 1.26. The smallest absolute Gasteiger partial charge is 0.216 e. The molecule has 1 saturated heterocycles. The molecule has 0 radical (unpaired) electrons. The second-order valence-corrected chi connectivity index (χ2v) is 7.96. The summed E-state index contributed by atoms with van der Waals surface area (Å²) in [5, 5.41) is -0.365. The van der Waals surface area contributed by atoms with Crippen LogP contribution in [0.25, 0.3) is 0 Å². The molecule has 5 heteroatoms. The van der Waals surface area contributed by atoms with Crippen LogP contribution in [-0.2, 0) is 21.2 Å². The van der Waals surface area contributed by atoms with Crippen LogP contribution in [0, 0.1) is 0 Å². The van der Waals surface area contributed by atoms with Gasteiger partial charge in [0.25, 0.3) is 0 Å². The fourth-order valence-corrected chi connectivity index (χ4v) is 3.67. The van der Waals surface area contributed by atoms with Gasteiger partial charge in [-0.15, -0.1) is 0 Å². The van der Waals surface area contributed by atoms with Crippen molar-refractivity contribution in [3.05, 3.63) is 35.9 Å². The predicted molar refractivity (Wildman–Crippen MR) is 80.1 cm³/mol. The molecule has 0 bridgehead atoms. The minimum absolute atomic E-state index is 0.00233. The van der Waals surface area contributed by atoms with Crippen LogP contribution in [0.3, 0.4) is 0 Å². The largest absolute Gasteiger partial charge is 0.375 e. The Morgan fingerprint density at radius 1 is 1.30 bits per heavy atom. The molecule has 0 aliphatic carbocycles. The lowest BCUT2D eigenvalue weighted by Gasteiger charge is -2.33. The van der Waals surface area contributed by atoms with Crippen LogP contribution >= 0.6 is 0 Å². The van der Waals surface area contributed by atoms with E-state index in [9.17, 15) is 8.42 Å². The molecule has 0 N–H and O–H groups in total. The summed E-state index contributed by atoms with van der Waals surface area (Å²) in [5.74, 6) is 0. The highest BCUT2D eigenvalue weighted by atomic mass is 32.2. The van der Waals surface area contributed by atoms with E-state index in [-0.39, 0.29) is 11.4 Å². The highest BCUT2D eigenvalue weighted by molar-refractivity contribution is 7.89. The predicted octanol–water partition coefficient (Wildman–Crippen LogP) is 2.06. The maximum Gasteiger partial charge on any atom is 0.216 e. The lowest BCUT2D eigenvalue weighted by atomic mass is 10.1. The number of aryl methyl sites for hydroxylation is 1. The first-order chi connectivity index (χ1) is 9.50. The van der Waals surface area contributed by atoms with Crippen molar-refractivity contribution in [3.8, 4) is 0 Å². The molecule has 1 fully saturated rings. The molecule has 1 heterocycles. The third-order valence-electron chi connectivity index (χ3n) is 3.65. The van der Waals surface area contributed by atoms with E-state index in [1.54, 1.807) is 18.2 Å². The number of rotatable bonds is 5. The highest BCUT2D eigenvalue weighted by Gasteiger charge is 2.31. The molecule has 1 aromatic rings. The van der Waals surface area contributed by atoms with Gasteiger partial charge in [-0.1, -0.05) is 30.3 Å². The zero-order valence-electron chi connectivity index (χ0n) is 12.2. The molecule has 0 aromatic heterocycles. The van der Waals surface area contributed by atoms with Gasteiger partial charge in [0.15, 0.2) is 0 Å². The molecular weight excluding hydrogens is 274 g/mol. The lowest BCUT2D eigenvalue weighted by molar-refractivity contribution is -0.00544. The maximum absolute atomic E-state index is 12.2. The van der Waals surface area contributed by atoms with Crippen LogP contribution in [0.1, 0.15) is 25.8 Å². The van der Waals surface area contributed by atoms with Gasteiger partial charge < -0.3 is 4.74 Å². The first kappa shape index (κ1) is 15.5. The topological polar surface area (TPSA) is 46.6 Å². The second-order valence-electron chi connectivity index (χ2n) is 5.47. The van der Waals surface area contributed by atoms with E-state index in [0.717, 1.165) is 12.8 Å². The summed E-state index contributed by atoms with van der Waals surface area (Å²) in [7, 11) is -3.16. The monoisotopic (exact) mass is 297 g/mol. The Bertz CT molecular complexity index is 513. The van der Waals surface area contributed by atoms with Gasteiger partial charge in [-0.25, -0.2) is 8.42 Å². The fourth-order valence-electron chi connectivity index (χ4n) is 2.37. The molecule has 0 amide bonds. The van der Waals surface area contributed by atoms with Crippen LogP contribution in [-0.4, -0.2) is 43.8 Å². The summed E-state index contributed by atoms with van der Waals surface area (Å²) < 4.78 is 31.6. The molecule has 1 atom stereocenters. The molecule has 112 valence electrons. The van der Waals surface area contributed by atoms with Crippen LogP contribution in [0.2, 0.25) is 0 Å². The van der Waals surface area contributed by atoms with Crippen molar-refractivity contribution in [2.45, 2.75) is 38.0 Å². The van der Waals surface area contributed by atoms with E-state index in [4.69, 9.17) is 4.74 Å². The average molecular weight is 297 g/mol. The van der Waals surface area contributed by atoms with Crippen molar-refractivity contribution in [2.75, 3.05) is 19.7 Å². The first-order valence-corrected chi connectivity index (χ1v) is 8.65. The second kappa shape index (κ2) is 6.70. The molecule has 0 spiro atoms. The number of morpholine rings is 1. The minimum atomic E-state index is -3.16. The van der Waals surface area contributed by atoms with Gasteiger partial charge in [0.2, 0.25) is 10.0 Å². The van der Waals surface area contributed by atoms with Crippen molar-refractivity contribution >= 4 is 10.0 Å². The molecule has 1 aliphatic heterocycles. The third kappa shape index (κ3) is 3.81. The van der Waals surface area contributed by atoms with Crippen LogP contribution < -0.4 is 0 Å². The van der Waals surface area contributed by atoms with Crippen molar-refractivity contribution in [3.63, 3.8) is 0 Å². The molecular formula is C15H23NO3S. The Morgan fingerprint density at radius 2 is 2.00 bits per heavy atom. The number of ether oxygens (including phenoxy) is 1. The summed E-state index contributed by atoms with van der Waals surface area (Å²) >= 11 is 0. The summed E-state index contributed by atoms with van der Waals surface area (Å²) in [6.45, 7) is 4.90. The van der Waals surface area contributed by atoms with Crippen molar-refractivity contribution in [2.24, 2.45) is 0 Å². The van der Waals surface area contributed by atoms with Gasteiger partial charge >= 0.3 is 0 Å². The standard InChI is InChI=1S/C15H23NO3S/c1-13(2)20(17,18)16-10-11-19-15(12-16)9-8-14-6-4-3-5-7-14/h3-7,13,15H,8-12H2,1-2H3/t15-/m1/s1. The van der Waals surface area contributed by atoms with E-state index in [0.29, 0.717) is 19.7 Å². The summed E-state index contributed by atoms with van der Waals surface area (Å²) in [4.78, 5) is 0. The van der Waals surface area contributed by atoms with Gasteiger partial charge in [0.1, 0.15) is 0 Å². The van der Waals surface area contributed by atoms with Crippen molar-refractivity contribution < 1.29 is 13.2 Å². The Balaban J connectivity index is 1.91. The SMILES string of the molecule is CC(C)S(=O)(=O)N1CCO[C@H](CCc2ccccc2)C1. The van der Waals surface area contributed by atoms with E-state index >= 15 is 0 Å². The Kier molecular flexibility index (Phi) is 5.18. The number of hydrogen-bond donors (Lipinski definition) is 0. The molecule has 1 aliphatic rings. The van der Waals surface area contributed by atoms with Gasteiger partial charge in [-0.3, -0.25) is 0 Å². The Hall–Kier alpha value is -0.910. The van der Waals surface area contributed by atoms with E-state index in [2.05, 4.69) is 12.1 Å². The van der Waals surface area contributed by atoms with Gasteiger partial charge in [0.05, 0.1) is 18.0 Å². The van der Waals surface area contributed by atoms with Gasteiger partial charge in [-0.2, -0.15) is 4.31 Å². The molecule has 4 nitrogen and oxygen atoms in total. The molecule has 0 saturated carbocycles. The number of hydrogen-bond acceptors (Lipinski definition) is 3. The zero-order valence-corrected chi connectivity index (χ0v) is 13.0. The van der Waals surface area contributed by atoms with Crippen molar-refractivity contribution in [1.82, 2.24) is 4.31 Å². The number of benzene rings is 1. The van der Waals surface area contributed by atoms with Crippen LogP contribution in [0.15, 0.2) is 30.3 Å². The molecule has 20 heavy (non-hydrogen) atoms. The van der Waals surface area contributed by atoms with E-state index in [1.165, 1.54) is 5.56 Å². The quantitative estimate of drug-likeness (QED) is 0.836. The molecule has 1 aromatic carbocycles. The first-order valence-electron chi connectivity index (χ1n) is 7.14. The zero-order chi connectivity index (χ0) is 14.6. The number of nitrogens with zero attached hydrogens (tertiary/aromatic N) is 1. The normalized spacial score (nSPS) is 21.2.